The summed E-state index contributed by atoms with van der Waals surface area (Å²) in [5.74, 6) is 0.420. The maximum absolute atomic E-state index is 13.5. The molecule has 4 amide bonds. The van der Waals surface area contributed by atoms with Crippen LogP contribution in [0.5, 0.6) is 17.2 Å². The lowest BCUT2D eigenvalue weighted by Gasteiger charge is -2.28. The molecule has 4 rings (SSSR count). The van der Waals surface area contributed by atoms with E-state index in [1.54, 1.807) is 43.4 Å². The number of aryl methyl sites for hydroxylation is 1. The molecule has 1 saturated heterocycles. The average Bonchev–Trinajstić information content (AvgIpc) is 3.53. The Bertz CT molecular complexity index is 1330. The molecule has 0 aromatic heterocycles. The average molecular weight is 609 g/mol. The molecule has 44 heavy (non-hydrogen) atoms. The van der Waals surface area contributed by atoms with Gasteiger partial charge in [0.15, 0.2) is 11.5 Å². The molecule has 2 aromatic rings. The van der Waals surface area contributed by atoms with Gasteiger partial charge in [-0.25, -0.2) is 0 Å². The third-order valence-corrected chi connectivity index (χ3v) is 8.22. The molecule has 3 atom stereocenters. The first-order valence-electron chi connectivity index (χ1n) is 15.3. The fourth-order valence-electron chi connectivity index (χ4n) is 5.56. The van der Waals surface area contributed by atoms with Crippen molar-refractivity contribution in [2.75, 3.05) is 33.9 Å². The lowest BCUT2D eigenvalue weighted by atomic mass is 10.0. The van der Waals surface area contributed by atoms with Crippen molar-refractivity contribution in [3.05, 3.63) is 53.6 Å². The van der Waals surface area contributed by atoms with Gasteiger partial charge < -0.3 is 35.1 Å². The van der Waals surface area contributed by atoms with Crippen LogP contribution in [0.25, 0.3) is 0 Å². The molecule has 0 bridgehead atoms. The van der Waals surface area contributed by atoms with Crippen LogP contribution in [-0.4, -0.2) is 80.6 Å². The Hall–Kier alpha value is -4.28. The molecule has 1 fully saturated rings. The predicted molar refractivity (Wildman–Crippen MR) is 165 cm³/mol. The molecule has 3 N–H and O–H groups in total. The largest absolute Gasteiger partial charge is 0.493 e. The summed E-state index contributed by atoms with van der Waals surface area (Å²) in [4.78, 5) is 55.0. The number of rotatable bonds is 8. The highest BCUT2D eigenvalue weighted by Gasteiger charge is 2.36. The minimum Gasteiger partial charge on any atom is -0.493 e. The number of carbonyl (C=O) groups excluding carboxylic acids is 4. The van der Waals surface area contributed by atoms with Crippen molar-refractivity contribution in [1.82, 2.24) is 20.9 Å². The van der Waals surface area contributed by atoms with Crippen LogP contribution in [0.15, 0.2) is 42.5 Å². The molecule has 0 aliphatic carbocycles. The summed E-state index contributed by atoms with van der Waals surface area (Å²) in [6, 6.07) is 10.7. The number of hydrogen-bond acceptors (Lipinski definition) is 7. The van der Waals surface area contributed by atoms with Crippen LogP contribution in [0.1, 0.15) is 61.9 Å². The first-order valence-corrected chi connectivity index (χ1v) is 15.3. The van der Waals surface area contributed by atoms with Crippen molar-refractivity contribution < 1.29 is 33.4 Å². The molecule has 2 heterocycles. The Balaban J connectivity index is 1.48. The van der Waals surface area contributed by atoms with Gasteiger partial charge in [0.05, 0.1) is 25.8 Å². The minimum absolute atomic E-state index is 0.0134. The maximum atomic E-state index is 13.5. The van der Waals surface area contributed by atoms with Crippen molar-refractivity contribution >= 4 is 23.6 Å². The van der Waals surface area contributed by atoms with Gasteiger partial charge in [-0.2, -0.15) is 0 Å². The molecule has 0 spiro atoms. The molecule has 238 valence electrons. The number of hydrogen-bond donors (Lipinski definition) is 3. The van der Waals surface area contributed by atoms with Gasteiger partial charge in [-0.15, -0.1) is 0 Å². The zero-order valence-electron chi connectivity index (χ0n) is 26.0. The van der Waals surface area contributed by atoms with Crippen LogP contribution < -0.4 is 30.2 Å². The second-order valence-electron chi connectivity index (χ2n) is 11.6. The highest BCUT2D eigenvalue weighted by molar-refractivity contribution is 5.99. The quantitative estimate of drug-likeness (QED) is 0.392. The number of methoxy groups -OCH3 is 2. The van der Waals surface area contributed by atoms with Crippen molar-refractivity contribution in [1.29, 1.82) is 0 Å². The lowest BCUT2D eigenvalue weighted by Crippen LogP contribution is -2.52. The third kappa shape index (κ3) is 8.21. The normalized spacial score (nSPS) is 21.2. The topological polar surface area (TPSA) is 135 Å². The summed E-state index contributed by atoms with van der Waals surface area (Å²) in [5.41, 5.74) is 1.31. The fraction of sp³-hybridized carbons (Fsp3) is 0.515. The van der Waals surface area contributed by atoms with Gasteiger partial charge >= 0.3 is 0 Å². The summed E-state index contributed by atoms with van der Waals surface area (Å²) < 4.78 is 16.7. The molecule has 0 unspecified atom stereocenters. The third-order valence-electron chi connectivity index (χ3n) is 8.22. The van der Waals surface area contributed by atoms with Crippen LogP contribution in [0.2, 0.25) is 0 Å². The van der Waals surface area contributed by atoms with E-state index in [-0.39, 0.29) is 54.7 Å². The van der Waals surface area contributed by atoms with Crippen molar-refractivity contribution in [3.8, 4) is 17.2 Å². The molecule has 2 aliphatic heterocycles. The summed E-state index contributed by atoms with van der Waals surface area (Å²) >= 11 is 0. The molecule has 11 heteroatoms. The van der Waals surface area contributed by atoms with Gasteiger partial charge in [0.1, 0.15) is 24.4 Å². The van der Waals surface area contributed by atoms with Gasteiger partial charge in [0.25, 0.3) is 5.91 Å². The van der Waals surface area contributed by atoms with Gasteiger partial charge in [0.2, 0.25) is 17.7 Å². The van der Waals surface area contributed by atoms with Crippen molar-refractivity contribution in [2.24, 2.45) is 5.92 Å². The van der Waals surface area contributed by atoms with Crippen molar-refractivity contribution in [2.45, 2.75) is 70.5 Å². The van der Waals surface area contributed by atoms with Gasteiger partial charge in [-0.1, -0.05) is 32.0 Å². The Morgan fingerprint density at radius 1 is 1.05 bits per heavy atom. The van der Waals surface area contributed by atoms with E-state index in [9.17, 15) is 19.2 Å². The number of nitrogens with zero attached hydrogens (tertiary/aromatic N) is 1. The number of carbonyl (C=O) groups is 4. The first kappa shape index (κ1) is 32.6. The van der Waals surface area contributed by atoms with Crippen LogP contribution in [0, 0.1) is 5.92 Å². The first-order chi connectivity index (χ1) is 21.2. The Kier molecular flexibility index (Phi) is 11.5. The lowest BCUT2D eigenvalue weighted by molar-refractivity contribution is -0.139. The molecule has 2 aromatic carbocycles. The zero-order chi connectivity index (χ0) is 31.6. The van der Waals surface area contributed by atoms with E-state index in [4.69, 9.17) is 14.2 Å². The van der Waals surface area contributed by atoms with Crippen molar-refractivity contribution in [3.63, 3.8) is 0 Å². The maximum Gasteiger partial charge on any atom is 0.255 e. The van der Waals surface area contributed by atoms with E-state index >= 15 is 0 Å². The molecule has 11 nitrogen and oxygen atoms in total. The smallest absolute Gasteiger partial charge is 0.255 e. The molecule has 2 aliphatic rings. The van der Waals surface area contributed by atoms with Crippen LogP contribution in [0.4, 0.5) is 0 Å². The second-order valence-corrected chi connectivity index (χ2v) is 11.6. The second kappa shape index (κ2) is 15.4. The van der Waals surface area contributed by atoms with Crippen LogP contribution >= 0.6 is 0 Å². The van der Waals surface area contributed by atoms with Crippen LogP contribution in [0.3, 0.4) is 0 Å². The summed E-state index contributed by atoms with van der Waals surface area (Å²) in [6.07, 6.45) is 2.75. The molecular weight excluding hydrogens is 564 g/mol. The van der Waals surface area contributed by atoms with E-state index in [2.05, 4.69) is 16.0 Å². The van der Waals surface area contributed by atoms with Gasteiger partial charge in [-0.3, -0.25) is 19.2 Å². The monoisotopic (exact) mass is 608 g/mol. The summed E-state index contributed by atoms with van der Waals surface area (Å²) in [7, 11) is 3.17. The molecular formula is C33H44N4O7. The Labute approximate surface area is 259 Å². The van der Waals surface area contributed by atoms with E-state index in [0.717, 1.165) is 12.0 Å². The molecule has 0 radical (unpaired) electrons. The van der Waals surface area contributed by atoms with Gasteiger partial charge in [-0.05, 0) is 67.9 Å². The van der Waals surface area contributed by atoms with Gasteiger partial charge in [0, 0.05) is 19.5 Å². The SMILES string of the molecule is COc1ccc(CCCNC(=O)[C@@H]2CCC(=O)N3CCC[C@@H]3C(=O)N[C@@H](C(C)C)COc3ccccc3C(=O)N2)cc1OC. The Morgan fingerprint density at radius 3 is 2.57 bits per heavy atom. The highest BCUT2D eigenvalue weighted by atomic mass is 16.5. The predicted octanol–water partition coefficient (Wildman–Crippen LogP) is 2.86. The standard InChI is InChI=1S/C33H44N4O7/c1-21(2)25-20-44-27-12-6-5-10-23(27)31(39)35-24(14-16-30(38)37-18-8-11-26(37)33(41)36-25)32(40)34-17-7-9-22-13-15-28(42-3)29(19-22)43-4/h5-6,10,12-13,15,19,21,24-26H,7-9,11,14,16-18,20H2,1-4H3,(H,34,40)(H,35,39)(H,36,41)/t24-,25+,26+/m0/s1. The summed E-state index contributed by atoms with van der Waals surface area (Å²) in [5, 5.41) is 8.82. The number of fused-ring (bicyclic) bond motifs is 2. The minimum atomic E-state index is -0.955. The number of benzene rings is 2. The summed E-state index contributed by atoms with van der Waals surface area (Å²) in [6.45, 7) is 4.96. The highest BCUT2D eigenvalue weighted by Crippen LogP contribution is 2.28. The number of nitrogens with one attached hydrogen (secondary N) is 3. The van der Waals surface area contributed by atoms with E-state index in [1.807, 2.05) is 32.0 Å². The number of amides is 4. The van der Waals surface area contributed by atoms with E-state index in [0.29, 0.717) is 49.6 Å². The number of para-hydroxylation sites is 1. The fourth-order valence-corrected chi connectivity index (χ4v) is 5.56. The van der Waals surface area contributed by atoms with E-state index < -0.39 is 18.0 Å². The zero-order valence-corrected chi connectivity index (χ0v) is 26.0. The number of ether oxygens (including phenoxy) is 3. The van der Waals surface area contributed by atoms with E-state index in [1.165, 1.54) is 0 Å². The molecule has 0 saturated carbocycles. The Morgan fingerprint density at radius 2 is 1.82 bits per heavy atom. The van der Waals surface area contributed by atoms with Crippen LogP contribution in [-0.2, 0) is 20.8 Å².